The molecule has 3 nitrogen and oxygen atoms in total. The van der Waals surface area contributed by atoms with Crippen molar-refractivity contribution in [2.75, 3.05) is 0 Å². The summed E-state index contributed by atoms with van der Waals surface area (Å²) in [7, 11) is -0.572. The van der Waals surface area contributed by atoms with Crippen molar-refractivity contribution < 1.29 is 18.1 Å². The SMILES string of the molecule is CCC(F)(F)c1ccc(B2OC(C)(C)C(C)(C)O2)cn1. The van der Waals surface area contributed by atoms with Gasteiger partial charge >= 0.3 is 7.12 Å². The molecule has 6 heteroatoms. The zero-order chi connectivity index (χ0) is 15.2. The Labute approximate surface area is 118 Å². The Morgan fingerprint density at radius 1 is 1.15 bits per heavy atom. The summed E-state index contributed by atoms with van der Waals surface area (Å²) in [6, 6.07) is 2.93. The van der Waals surface area contributed by atoms with Gasteiger partial charge in [-0.15, -0.1) is 0 Å². The van der Waals surface area contributed by atoms with Gasteiger partial charge in [0.05, 0.1) is 11.2 Å². The van der Waals surface area contributed by atoms with Crippen molar-refractivity contribution in [3.63, 3.8) is 0 Å². The first-order valence-corrected chi connectivity index (χ1v) is 6.79. The van der Waals surface area contributed by atoms with E-state index in [0.29, 0.717) is 5.46 Å². The largest absolute Gasteiger partial charge is 0.496 e. The third-order valence-electron chi connectivity index (χ3n) is 4.13. The van der Waals surface area contributed by atoms with Crippen LogP contribution in [-0.4, -0.2) is 23.3 Å². The second-order valence-corrected chi connectivity index (χ2v) is 6.12. The fourth-order valence-electron chi connectivity index (χ4n) is 1.92. The van der Waals surface area contributed by atoms with Crippen LogP contribution in [0.4, 0.5) is 8.78 Å². The van der Waals surface area contributed by atoms with Crippen LogP contribution in [0.5, 0.6) is 0 Å². The molecule has 0 N–H and O–H groups in total. The summed E-state index contributed by atoms with van der Waals surface area (Å²) in [5.74, 6) is -2.89. The van der Waals surface area contributed by atoms with Gasteiger partial charge < -0.3 is 9.31 Å². The molecule has 2 heterocycles. The molecule has 0 amide bonds. The first kappa shape index (κ1) is 15.4. The maximum atomic E-state index is 13.5. The highest BCUT2D eigenvalue weighted by atomic mass is 19.3. The van der Waals surface area contributed by atoms with Crippen LogP contribution in [0, 0.1) is 0 Å². The van der Waals surface area contributed by atoms with E-state index in [0.717, 1.165) is 0 Å². The third-order valence-corrected chi connectivity index (χ3v) is 4.13. The molecular weight excluding hydrogens is 263 g/mol. The van der Waals surface area contributed by atoms with Crippen LogP contribution >= 0.6 is 0 Å². The predicted molar refractivity (Wildman–Crippen MR) is 74.1 cm³/mol. The Balaban J connectivity index is 2.21. The molecule has 1 aliphatic rings. The zero-order valence-corrected chi connectivity index (χ0v) is 12.5. The lowest BCUT2D eigenvalue weighted by Crippen LogP contribution is -2.41. The number of pyridine rings is 1. The van der Waals surface area contributed by atoms with Gasteiger partial charge in [0.25, 0.3) is 5.92 Å². The van der Waals surface area contributed by atoms with Crippen LogP contribution in [0.2, 0.25) is 0 Å². The normalized spacial score (nSPS) is 21.2. The summed E-state index contributed by atoms with van der Waals surface area (Å²) in [6.07, 6.45) is 1.14. The van der Waals surface area contributed by atoms with Gasteiger partial charge in [0.1, 0.15) is 5.69 Å². The highest BCUT2D eigenvalue weighted by molar-refractivity contribution is 6.62. The number of aromatic nitrogens is 1. The molecule has 1 aromatic rings. The predicted octanol–water partition coefficient (Wildman–Crippen LogP) is 2.88. The standard InChI is InChI=1S/C14H20BF2NO2/c1-6-14(16,17)11-8-7-10(9-18-11)15-19-12(2,3)13(4,5)20-15/h7-9H,6H2,1-5H3. The number of nitrogens with zero attached hydrogens (tertiary/aromatic N) is 1. The zero-order valence-electron chi connectivity index (χ0n) is 12.5. The topological polar surface area (TPSA) is 31.4 Å². The molecule has 2 rings (SSSR count). The quantitative estimate of drug-likeness (QED) is 0.799. The van der Waals surface area contributed by atoms with Gasteiger partial charge in [-0.2, -0.15) is 8.78 Å². The molecule has 0 atom stereocenters. The van der Waals surface area contributed by atoms with Crippen molar-refractivity contribution in [2.24, 2.45) is 0 Å². The van der Waals surface area contributed by atoms with E-state index in [1.54, 1.807) is 6.07 Å². The highest BCUT2D eigenvalue weighted by Gasteiger charge is 2.51. The minimum atomic E-state index is -2.89. The summed E-state index contributed by atoms with van der Waals surface area (Å²) in [5.41, 5.74) is -0.479. The molecular formula is C14H20BF2NO2. The Kier molecular flexibility index (Phi) is 3.67. The summed E-state index contributed by atoms with van der Waals surface area (Å²) in [4.78, 5) is 3.85. The molecule has 0 aliphatic carbocycles. The van der Waals surface area contributed by atoms with Crippen LogP contribution in [0.15, 0.2) is 18.3 Å². The molecule has 0 spiro atoms. The van der Waals surface area contributed by atoms with Gasteiger partial charge in [-0.05, 0) is 33.8 Å². The third kappa shape index (κ3) is 2.59. The average molecular weight is 283 g/mol. The fraction of sp³-hybridized carbons (Fsp3) is 0.643. The molecule has 1 aromatic heterocycles. The van der Waals surface area contributed by atoms with E-state index in [1.807, 2.05) is 27.7 Å². The first-order chi connectivity index (χ1) is 9.09. The molecule has 1 fully saturated rings. The Morgan fingerprint density at radius 2 is 1.70 bits per heavy atom. The van der Waals surface area contributed by atoms with Crippen molar-refractivity contribution in [1.82, 2.24) is 4.98 Å². The fourth-order valence-corrected chi connectivity index (χ4v) is 1.92. The van der Waals surface area contributed by atoms with E-state index in [1.165, 1.54) is 19.2 Å². The van der Waals surface area contributed by atoms with Crippen molar-refractivity contribution in [3.8, 4) is 0 Å². The molecule has 20 heavy (non-hydrogen) atoms. The Bertz CT molecular complexity index is 472. The van der Waals surface area contributed by atoms with Gasteiger partial charge in [0, 0.05) is 18.1 Å². The van der Waals surface area contributed by atoms with Crippen LogP contribution in [0.25, 0.3) is 0 Å². The lowest BCUT2D eigenvalue weighted by Gasteiger charge is -2.32. The number of alkyl halides is 2. The number of hydrogen-bond donors (Lipinski definition) is 0. The summed E-state index contributed by atoms with van der Waals surface area (Å²) in [5, 5.41) is 0. The minimum Gasteiger partial charge on any atom is -0.399 e. The van der Waals surface area contributed by atoms with Gasteiger partial charge in [0.2, 0.25) is 0 Å². The molecule has 0 aromatic carbocycles. The van der Waals surface area contributed by atoms with E-state index in [-0.39, 0.29) is 12.1 Å². The Morgan fingerprint density at radius 3 is 2.10 bits per heavy atom. The van der Waals surface area contributed by atoms with Crippen molar-refractivity contribution in [1.29, 1.82) is 0 Å². The van der Waals surface area contributed by atoms with E-state index >= 15 is 0 Å². The van der Waals surface area contributed by atoms with Gasteiger partial charge in [-0.3, -0.25) is 4.98 Å². The maximum absolute atomic E-state index is 13.5. The van der Waals surface area contributed by atoms with Crippen LogP contribution in [0.1, 0.15) is 46.7 Å². The van der Waals surface area contributed by atoms with Crippen LogP contribution in [0.3, 0.4) is 0 Å². The minimum absolute atomic E-state index is 0.222. The van der Waals surface area contributed by atoms with E-state index < -0.39 is 24.2 Å². The van der Waals surface area contributed by atoms with Gasteiger partial charge in [-0.1, -0.05) is 13.0 Å². The molecule has 0 bridgehead atoms. The van der Waals surface area contributed by atoms with Gasteiger partial charge in [-0.25, -0.2) is 0 Å². The van der Waals surface area contributed by atoms with Crippen molar-refractivity contribution >= 4 is 12.6 Å². The second kappa shape index (κ2) is 4.77. The van der Waals surface area contributed by atoms with Crippen molar-refractivity contribution in [3.05, 3.63) is 24.0 Å². The molecule has 1 saturated heterocycles. The van der Waals surface area contributed by atoms with Crippen LogP contribution in [-0.2, 0) is 15.2 Å². The van der Waals surface area contributed by atoms with Crippen LogP contribution < -0.4 is 5.46 Å². The smallest absolute Gasteiger partial charge is 0.399 e. The van der Waals surface area contributed by atoms with E-state index in [4.69, 9.17) is 9.31 Å². The molecule has 0 radical (unpaired) electrons. The molecule has 0 unspecified atom stereocenters. The van der Waals surface area contributed by atoms with E-state index in [2.05, 4.69) is 4.98 Å². The number of rotatable bonds is 3. The lowest BCUT2D eigenvalue weighted by atomic mass is 9.80. The summed E-state index contributed by atoms with van der Waals surface area (Å²) in [6.45, 7) is 9.21. The van der Waals surface area contributed by atoms with E-state index in [9.17, 15) is 8.78 Å². The number of hydrogen-bond acceptors (Lipinski definition) is 3. The Hall–Kier alpha value is -1.01. The number of halogens is 2. The highest BCUT2D eigenvalue weighted by Crippen LogP contribution is 2.36. The summed E-state index contributed by atoms with van der Waals surface area (Å²) < 4.78 is 38.7. The first-order valence-electron chi connectivity index (χ1n) is 6.79. The molecule has 110 valence electrons. The second-order valence-electron chi connectivity index (χ2n) is 6.12. The monoisotopic (exact) mass is 283 g/mol. The summed E-state index contributed by atoms with van der Waals surface area (Å²) >= 11 is 0. The van der Waals surface area contributed by atoms with Gasteiger partial charge in [0.15, 0.2) is 0 Å². The molecule has 0 saturated carbocycles. The average Bonchev–Trinajstić information content (AvgIpc) is 2.59. The van der Waals surface area contributed by atoms with Crippen molar-refractivity contribution in [2.45, 2.75) is 58.2 Å². The molecule has 1 aliphatic heterocycles. The lowest BCUT2D eigenvalue weighted by molar-refractivity contribution is -0.0127. The maximum Gasteiger partial charge on any atom is 0.496 e.